The summed E-state index contributed by atoms with van der Waals surface area (Å²) < 4.78 is 7.72. The van der Waals surface area contributed by atoms with Crippen molar-refractivity contribution in [3.8, 4) is 0 Å². The van der Waals surface area contributed by atoms with Crippen LogP contribution in [0.2, 0.25) is 0 Å². The van der Waals surface area contributed by atoms with Crippen LogP contribution in [0.5, 0.6) is 0 Å². The summed E-state index contributed by atoms with van der Waals surface area (Å²) in [5.74, 6) is 0. The lowest BCUT2D eigenvalue weighted by Crippen LogP contribution is -1.90. The molecule has 0 saturated carbocycles. The largest absolute Gasteiger partial charge is 0.462 e. The Morgan fingerprint density at radius 3 is 2.86 bits per heavy atom. The molecule has 0 N–H and O–H groups in total. The minimum Gasteiger partial charge on any atom is -0.462 e. The average molecular weight is 185 g/mol. The summed E-state index contributed by atoms with van der Waals surface area (Å²) in [7, 11) is 0. The van der Waals surface area contributed by atoms with Crippen molar-refractivity contribution in [2.24, 2.45) is 0 Å². The van der Waals surface area contributed by atoms with Gasteiger partial charge in [0.05, 0.1) is 11.8 Å². The van der Waals surface area contributed by atoms with E-state index in [1.54, 1.807) is 6.26 Å². The maximum atomic E-state index is 5.51. The molecule has 0 bridgehead atoms. The van der Waals surface area contributed by atoms with Crippen molar-refractivity contribution >= 4 is 21.9 Å². The zero-order valence-electron chi connectivity index (χ0n) is 8.03. The van der Waals surface area contributed by atoms with Crippen LogP contribution in [-0.4, -0.2) is 4.57 Å². The van der Waals surface area contributed by atoms with E-state index in [2.05, 4.69) is 35.9 Å². The van der Waals surface area contributed by atoms with E-state index in [0.29, 0.717) is 0 Å². The van der Waals surface area contributed by atoms with Gasteiger partial charge in [-0.25, -0.2) is 0 Å². The van der Waals surface area contributed by atoms with Crippen molar-refractivity contribution in [1.29, 1.82) is 0 Å². The summed E-state index contributed by atoms with van der Waals surface area (Å²) in [5, 5.41) is 2.42. The van der Waals surface area contributed by atoms with Crippen molar-refractivity contribution in [2.45, 2.75) is 13.5 Å². The molecule has 2 aromatic heterocycles. The summed E-state index contributed by atoms with van der Waals surface area (Å²) in [6.07, 6.45) is 3.85. The Balaban J connectivity index is 2.58. The molecule has 0 aliphatic rings. The maximum Gasteiger partial charge on any atom is 0.158 e. The molecule has 2 heteroatoms. The number of furan rings is 1. The van der Waals surface area contributed by atoms with Crippen molar-refractivity contribution < 1.29 is 4.42 Å². The number of nitrogens with zero attached hydrogens (tertiary/aromatic N) is 1. The van der Waals surface area contributed by atoms with Crippen LogP contribution < -0.4 is 0 Å². The molecule has 3 rings (SSSR count). The lowest BCUT2D eigenvalue weighted by atomic mass is 10.2. The molecule has 0 unspecified atom stereocenters. The Kier molecular flexibility index (Phi) is 1.45. The lowest BCUT2D eigenvalue weighted by molar-refractivity contribution is 0.615. The molecule has 3 aromatic rings. The van der Waals surface area contributed by atoms with Gasteiger partial charge in [-0.05, 0) is 19.1 Å². The van der Waals surface area contributed by atoms with Gasteiger partial charge < -0.3 is 8.98 Å². The van der Waals surface area contributed by atoms with Gasteiger partial charge in [0.15, 0.2) is 5.58 Å². The molecule has 14 heavy (non-hydrogen) atoms. The number of benzene rings is 1. The molecule has 0 atom stereocenters. The van der Waals surface area contributed by atoms with E-state index in [0.717, 1.165) is 12.1 Å². The Morgan fingerprint density at radius 1 is 1.14 bits per heavy atom. The first kappa shape index (κ1) is 7.68. The van der Waals surface area contributed by atoms with E-state index < -0.39 is 0 Å². The van der Waals surface area contributed by atoms with Crippen molar-refractivity contribution in [3.63, 3.8) is 0 Å². The smallest absolute Gasteiger partial charge is 0.158 e. The van der Waals surface area contributed by atoms with Gasteiger partial charge >= 0.3 is 0 Å². The quantitative estimate of drug-likeness (QED) is 0.568. The lowest BCUT2D eigenvalue weighted by Gasteiger charge is -2.00. The van der Waals surface area contributed by atoms with Gasteiger partial charge in [-0.2, -0.15) is 0 Å². The van der Waals surface area contributed by atoms with Gasteiger partial charge in [0.25, 0.3) is 0 Å². The van der Waals surface area contributed by atoms with Crippen LogP contribution in [0.15, 0.2) is 41.1 Å². The van der Waals surface area contributed by atoms with Gasteiger partial charge in [0, 0.05) is 23.5 Å². The number of hydrogen-bond acceptors (Lipinski definition) is 1. The zero-order valence-corrected chi connectivity index (χ0v) is 8.03. The normalized spacial score (nSPS) is 11.5. The highest BCUT2D eigenvalue weighted by atomic mass is 16.3. The van der Waals surface area contributed by atoms with E-state index in [-0.39, 0.29) is 0 Å². The number of aromatic nitrogens is 1. The van der Waals surface area contributed by atoms with Crippen LogP contribution in [0, 0.1) is 0 Å². The van der Waals surface area contributed by atoms with E-state index in [1.165, 1.54) is 16.3 Å². The van der Waals surface area contributed by atoms with Gasteiger partial charge in [-0.1, -0.05) is 12.1 Å². The maximum absolute atomic E-state index is 5.51. The second kappa shape index (κ2) is 2.64. The number of rotatable bonds is 1. The van der Waals surface area contributed by atoms with E-state index >= 15 is 0 Å². The fourth-order valence-electron chi connectivity index (χ4n) is 1.97. The molecular formula is C12H11NO. The van der Waals surface area contributed by atoms with Gasteiger partial charge in [-0.3, -0.25) is 0 Å². The summed E-state index contributed by atoms with van der Waals surface area (Å²) in [5.41, 5.74) is 2.20. The topological polar surface area (TPSA) is 18.1 Å². The number of fused-ring (bicyclic) bond motifs is 3. The van der Waals surface area contributed by atoms with E-state index in [4.69, 9.17) is 4.42 Å². The highest BCUT2D eigenvalue weighted by Gasteiger charge is 2.06. The molecule has 0 aliphatic carbocycles. The van der Waals surface area contributed by atoms with E-state index in [9.17, 15) is 0 Å². The van der Waals surface area contributed by atoms with Crippen LogP contribution in [0.3, 0.4) is 0 Å². The molecule has 0 radical (unpaired) electrons. The molecule has 0 saturated heterocycles. The Hall–Kier alpha value is -1.70. The highest BCUT2D eigenvalue weighted by molar-refractivity contribution is 6.02. The van der Waals surface area contributed by atoms with Crippen molar-refractivity contribution in [1.82, 2.24) is 4.57 Å². The number of aryl methyl sites for hydroxylation is 1. The Labute approximate surface area is 81.7 Å². The fraction of sp³-hybridized carbons (Fsp3) is 0.167. The first-order valence-corrected chi connectivity index (χ1v) is 4.85. The minimum atomic E-state index is 0.976. The van der Waals surface area contributed by atoms with Gasteiger partial charge in [0.2, 0.25) is 0 Å². The molecule has 0 amide bonds. The first-order chi connectivity index (χ1) is 6.90. The Morgan fingerprint density at radius 2 is 2.00 bits per heavy atom. The van der Waals surface area contributed by atoms with Gasteiger partial charge in [0.1, 0.15) is 0 Å². The summed E-state index contributed by atoms with van der Waals surface area (Å²) in [6.45, 7) is 3.12. The van der Waals surface area contributed by atoms with Crippen LogP contribution >= 0.6 is 0 Å². The highest BCUT2D eigenvalue weighted by Crippen LogP contribution is 2.26. The summed E-state index contributed by atoms with van der Waals surface area (Å²) in [6, 6.07) is 8.36. The van der Waals surface area contributed by atoms with Crippen LogP contribution in [0.25, 0.3) is 21.9 Å². The standard InChI is InChI=1S/C12H11NO/c1-2-13-7-5-9-3-4-10-6-8-14-12(10)11(9)13/h3-8H,2H2,1H3. The molecule has 1 aromatic carbocycles. The third-order valence-corrected chi connectivity index (χ3v) is 2.69. The molecule has 0 aliphatic heterocycles. The SMILES string of the molecule is CCn1ccc2ccc3ccoc3c21. The van der Waals surface area contributed by atoms with Crippen LogP contribution in [0.4, 0.5) is 0 Å². The Bertz CT molecular complexity index is 588. The zero-order chi connectivity index (χ0) is 9.54. The minimum absolute atomic E-state index is 0.976. The molecule has 70 valence electrons. The molecule has 0 fully saturated rings. The summed E-state index contributed by atoms with van der Waals surface area (Å²) in [4.78, 5) is 0. The van der Waals surface area contributed by atoms with E-state index in [1.807, 2.05) is 6.07 Å². The number of hydrogen-bond donors (Lipinski definition) is 0. The molecule has 0 spiro atoms. The second-order valence-electron chi connectivity index (χ2n) is 3.44. The second-order valence-corrected chi connectivity index (χ2v) is 3.44. The monoisotopic (exact) mass is 185 g/mol. The molecule has 2 heterocycles. The third kappa shape index (κ3) is 0.854. The third-order valence-electron chi connectivity index (χ3n) is 2.69. The predicted octanol–water partition coefficient (Wildman–Crippen LogP) is 3.41. The first-order valence-electron chi connectivity index (χ1n) is 4.85. The fourth-order valence-corrected chi connectivity index (χ4v) is 1.97. The molecular weight excluding hydrogens is 174 g/mol. The van der Waals surface area contributed by atoms with Crippen LogP contribution in [-0.2, 0) is 6.54 Å². The average Bonchev–Trinajstić information content (AvgIpc) is 2.82. The van der Waals surface area contributed by atoms with Crippen molar-refractivity contribution in [3.05, 3.63) is 36.7 Å². The summed E-state index contributed by atoms with van der Waals surface area (Å²) >= 11 is 0. The van der Waals surface area contributed by atoms with Crippen molar-refractivity contribution in [2.75, 3.05) is 0 Å². The molecule has 2 nitrogen and oxygen atoms in total. The van der Waals surface area contributed by atoms with Gasteiger partial charge in [-0.15, -0.1) is 0 Å². The van der Waals surface area contributed by atoms with Crippen LogP contribution in [0.1, 0.15) is 6.92 Å². The predicted molar refractivity (Wildman–Crippen MR) is 57.4 cm³/mol.